The van der Waals surface area contributed by atoms with Crippen molar-refractivity contribution in [3.8, 4) is 0 Å². The van der Waals surface area contributed by atoms with Crippen molar-refractivity contribution in [3.05, 3.63) is 50.4 Å². The SMILES string of the molecule is CCCCn1c(=O)n(CCCCN(C)c2nc3ccccc3o2)c(=O)c2[nH]c(Cl)nc21. The molecule has 0 saturated carbocycles. The number of nitrogens with one attached hydrogen (secondary N) is 1. The highest BCUT2D eigenvalue weighted by Crippen LogP contribution is 2.20. The number of rotatable bonds is 9. The van der Waals surface area contributed by atoms with Crippen LogP contribution in [-0.4, -0.2) is 37.7 Å². The van der Waals surface area contributed by atoms with Crippen molar-refractivity contribution in [2.24, 2.45) is 0 Å². The molecule has 3 aromatic heterocycles. The lowest BCUT2D eigenvalue weighted by molar-refractivity contribution is 0.517. The molecule has 3 heterocycles. The second-order valence-electron chi connectivity index (χ2n) is 7.56. The molecule has 31 heavy (non-hydrogen) atoms. The molecule has 0 aliphatic heterocycles. The van der Waals surface area contributed by atoms with Crippen LogP contribution in [0.25, 0.3) is 22.3 Å². The summed E-state index contributed by atoms with van der Waals surface area (Å²) in [5.41, 5.74) is 1.41. The van der Waals surface area contributed by atoms with E-state index in [2.05, 4.69) is 15.0 Å². The minimum Gasteiger partial charge on any atom is -0.423 e. The third-order valence-corrected chi connectivity index (χ3v) is 5.48. The van der Waals surface area contributed by atoms with Gasteiger partial charge in [-0.3, -0.25) is 13.9 Å². The lowest BCUT2D eigenvalue weighted by atomic mass is 10.3. The van der Waals surface area contributed by atoms with Crippen molar-refractivity contribution in [3.63, 3.8) is 0 Å². The largest absolute Gasteiger partial charge is 0.423 e. The molecule has 0 aliphatic rings. The van der Waals surface area contributed by atoms with Gasteiger partial charge in [0.2, 0.25) is 5.28 Å². The summed E-state index contributed by atoms with van der Waals surface area (Å²) in [6, 6.07) is 8.17. The van der Waals surface area contributed by atoms with Crippen LogP contribution in [0.1, 0.15) is 32.6 Å². The van der Waals surface area contributed by atoms with Gasteiger partial charge in [-0.15, -0.1) is 0 Å². The number of hydrogen-bond donors (Lipinski definition) is 1. The molecule has 0 bridgehead atoms. The number of unbranched alkanes of at least 4 members (excludes halogenated alkanes) is 2. The molecule has 0 aliphatic carbocycles. The number of oxazole rings is 1. The molecular weight excluding hydrogens is 420 g/mol. The van der Waals surface area contributed by atoms with Gasteiger partial charge in [0.25, 0.3) is 11.6 Å². The van der Waals surface area contributed by atoms with Crippen LogP contribution < -0.4 is 16.1 Å². The van der Waals surface area contributed by atoms with Crippen molar-refractivity contribution in [2.75, 3.05) is 18.5 Å². The molecule has 4 rings (SSSR count). The number of aryl methyl sites for hydroxylation is 1. The highest BCUT2D eigenvalue weighted by Gasteiger charge is 2.17. The molecule has 0 spiro atoms. The second-order valence-corrected chi connectivity index (χ2v) is 7.92. The number of benzene rings is 1. The zero-order valence-electron chi connectivity index (χ0n) is 17.6. The molecular formula is C21H25ClN6O3. The Bertz CT molecular complexity index is 1290. The fraction of sp³-hybridized carbons (Fsp3) is 0.429. The minimum atomic E-state index is -0.389. The van der Waals surface area contributed by atoms with Crippen LogP contribution >= 0.6 is 11.6 Å². The van der Waals surface area contributed by atoms with Gasteiger partial charge in [-0.1, -0.05) is 25.5 Å². The van der Waals surface area contributed by atoms with Gasteiger partial charge in [0.1, 0.15) is 5.52 Å². The topological polar surface area (TPSA) is 102 Å². The van der Waals surface area contributed by atoms with Gasteiger partial charge in [0, 0.05) is 26.7 Å². The molecule has 0 unspecified atom stereocenters. The average molecular weight is 445 g/mol. The van der Waals surface area contributed by atoms with Crippen LogP contribution in [0.15, 0.2) is 38.3 Å². The van der Waals surface area contributed by atoms with Crippen molar-refractivity contribution in [2.45, 2.75) is 45.7 Å². The number of hydrogen-bond acceptors (Lipinski definition) is 6. The number of H-pyrrole nitrogens is 1. The molecule has 4 aromatic rings. The van der Waals surface area contributed by atoms with E-state index in [9.17, 15) is 9.59 Å². The Morgan fingerprint density at radius 3 is 2.65 bits per heavy atom. The van der Waals surface area contributed by atoms with E-state index in [0.717, 1.165) is 30.4 Å². The maximum atomic E-state index is 13.0. The first-order chi connectivity index (χ1) is 15.0. The number of nitrogens with zero attached hydrogens (tertiary/aromatic N) is 5. The molecule has 1 aromatic carbocycles. The molecule has 1 N–H and O–H groups in total. The first-order valence-electron chi connectivity index (χ1n) is 10.4. The van der Waals surface area contributed by atoms with E-state index in [4.69, 9.17) is 16.0 Å². The molecule has 0 radical (unpaired) electrons. The minimum absolute atomic E-state index is 0.106. The lowest BCUT2D eigenvalue weighted by Crippen LogP contribution is -2.40. The first kappa shape index (κ1) is 21.2. The molecule has 10 heteroatoms. The Morgan fingerprint density at radius 1 is 1.10 bits per heavy atom. The summed E-state index contributed by atoms with van der Waals surface area (Å²) >= 11 is 5.96. The van der Waals surface area contributed by atoms with E-state index in [1.54, 1.807) is 0 Å². The van der Waals surface area contributed by atoms with Crippen LogP contribution in [-0.2, 0) is 13.1 Å². The number of halogens is 1. The van der Waals surface area contributed by atoms with Crippen LogP contribution in [0.3, 0.4) is 0 Å². The number of fused-ring (bicyclic) bond motifs is 2. The number of anilines is 1. The third kappa shape index (κ3) is 4.23. The van der Waals surface area contributed by atoms with Crippen molar-refractivity contribution < 1.29 is 4.42 Å². The van der Waals surface area contributed by atoms with Gasteiger partial charge in [0.15, 0.2) is 16.7 Å². The molecule has 0 atom stereocenters. The van der Waals surface area contributed by atoms with Gasteiger partial charge in [-0.05, 0) is 43.0 Å². The van der Waals surface area contributed by atoms with E-state index in [1.807, 2.05) is 43.1 Å². The normalized spacial score (nSPS) is 11.6. The van der Waals surface area contributed by atoms with Gasteiger partial charge < -0.3 is 14.3 Å². The average Bonchev–Trinajstić information content (AvgIpc) is 3.36. The zero-order chi connectivity index (χ0) is 22.0. The Hall–Kier alpha value is -3.07. The molecule has 0 amide bonds. The summed E-state index contributed by atoms with van der Waals surface area (Å²) in [7, 11) is 1.91. The van der Waals surface area contributed by atoms with E-state index in [0.29, 0.717) is 37.7 Å². The van der Waals surface area contributed by atoms with Gasteiger partial charge in [0.05, 0.1) is 0 Å². The highest BCUT2D eigenvalue weighted by molar-refractivity contribution is 6.28. The van der Waals surface area contributed by atoms with Gasteiger partial charge >= 0.3 is 5.69 Å². The van der Waals surface area contributed by atoms with E-state index < -0.39 is 0 Å². The van der Waals surface area contributed by atoms with E-state index in [1.165, 1.54) is 9.13 Å². The summed E-state index contributed by atoms with van der Waals surface area (Å²) in [6.07, 6.45) is 3.15. The molecule has 9 nitrogen and oxygen atoms in total. The van der Waals surface area contributed by atoms with Crippen molar-refractivity contribution in [1.29, 1.82) is 0 Å². The van der Waals surface area contributed by atoms with Gasteiger partial charge in [-0.25, -0.2) is 4.79 Å². The molecule has 164 valence electrons. The quantitative estimate of drug-likeness (QED) is 0.313. The summed E-state index contributed by atoms with van der Waals surface area (Å²) in [4.78, 5) is 39.1. The smallest absolute Gasteiger partial charge is 0.332 e. The fourth-order valence-electron chi connectivity index (χ4n) is 3.59. The number of imidazole rings is 1. The third-order valence-electron chi connectivity index (χ3n) is 5.30. The summed E-state index contributed by atoms with van der Waals surface area (Å²) in [5, 5.41) is 0.106. The number of aromatic nitrogens is 5. The maximum absolute atomic E-state index is 13.0. The van der Waals surface area contributed by atoms with Crippen LogP contribution in [0, 0.1) is 0 Å². The number of aromatic amines is 1. The lowest BCUT2D eigenvalue weighted by Gasteiger charge is -2.14. The number of para-hydroxylation sites is 2. The van der Waals surface area contributed by atoms with Crippen LogP contribution in [0.2, 0.25) is 5.28 Å². The van der Waals surface area contributed by atoms with E-state index >= 15 is 0 Å². The second kappa shape index (κ2) is 8.97. The first-order valence-corrected chi connectivity index (χ1v) is 10.8. The van der Waals surface area contributed by atoms with Crippen LogP contribution in [0.4, 0.5) is 6.01 Å². The predicted molar refractivity (Wildman–Crippen MR) is 121 cm³/mol. The Labute approximate surface area is 183 Å². The molecule has 0 saturated heterocycles. The van der Waals surface area contributed by atoms with Crippen LogP contribution in [0.5, 0.6) is 0 Å². The summed E-state index contributed by atoms with van der Waals surface area (Å²) < 4.78 is 8.57. The fourth-order valence-corrected chi connectivity index (χ4v) is 3.77. The maximum Gasteiger partial charge on any atom is 0.332 e. The Kier molecular flexibility index (Phi) is 6.13. The summed E-state index contributed by atoms with van der Waals surface area (Å²) in [5.74, 6) is 0. The standard InChI is InChI=1S/C21H25ClN6O3/c1-3-4-12-27-17-16(24-19(22)25-17)18(29)28(21(27)30)13-8-7-11-26(2)20-23-14-9-5-6-10-15(14)31-20/h5-6,9-10H,3-4,7-8,11-13H2,1-2H3,(H,24,25). The molecule has 0 fully saturated rings. The van der Waals surface area contributed by atoms with Crippen molar-refractivity contribution in [1.82, 2.24) is 24.1 Å². The zero-order valence-corrected chi connectivity index (χ0v) is 18.4. The Morgan fingerprint density at radius 2 is 1.87 bits per heavy atom. The summed E-state index contributed by atoms with van der Waals surface area (Å²) in [6.45, 7) is 3.54. The van der Waals surface area contributed by atoms with Gasteiger partial charge in [-0.2, -0.15) is 9.97 Å². The van der Waals surface area contributed by atoms with Crippen molar-refractivity contribution >= 4 is 39.9 Å². The highest BCUT2D eigenvalue weighted by atomic mass is 35.5. The monoisotopic (exact) mass is 444 g/mol. The predicted octanol–water partition coefficient (Wildman–Crippen LogP) is 3.40. The Balaban J connectivity index is 1.47. The van der Waals surface area contributed by atoms with E-state index in [-0.39, 0.29) is 22.0 Å².